The highest BCUT2D eigenvalue weighted by Crippen LogP contribution is 2.52. The third-order valence-corrected chi connectivity index (χ3v) is 7.99. The molecule has 2 bridgehead atoms. The monoisotopic (exact) mass is 650 g/mol. The van der Waals surface area contributed by atoms with Gasteiger partial charge < -0.3 is 18.9 Å². The first-order valence-corrected chi connectivity index (χ1v) is 13.6. The van der Waals surface area contributed by atoms with Crippen molar-refractivity contribution in [3.8, 4) is 5.75 Å². The molecule has 3 fully saturated rings. The summed E-state index contributed by atoms with van der Waals surface area (Å²) in [4.78, 5) is 0. The lowest BCUT2D eigenvalue weighted by atomic mass is 9.77. The average Bonchev–Trinajstić information content (AvgIpc) is 3.43. The highest BCUT2D eigenvalue weighted by Gasteiger charge is 2.62. The molecule has 0 N–H and O–H groups in total. The Morgan fingerprint density at radius 3 is 1.75 bits per heavy atom. The summed E-state index contributed by atoms with van der Waals surface area (Å²) < 4.78 is 176. The molecule has 2 aromatic rings. The number of rotatable bonds is 9. The van der Waals surface area contributed by atoms with Crippen LogP contribution in [0.4, 0.5) is 48.3 Å². The Labute approximate surface area is 243 Å². The fraction of sp³-hybridized carbons (Fsp3) is 0.571. The van der Waals surface area contributed by atoms with Gasteiger partial charge in [-0.1, -0.05) is 13.3 Å². The molecular formula is C28H25F11O5. The smallest absolute Gasteiger partial charge is 0.429 e. The summed E-state index contributed by atoms with van der Waals surface area (Å²) in [5, 5.41) is 0. The van der Waals surface area contributed by atoms with E-state index in [0.29, 0.717) is 51.0 Å². The molecule has 3 aliphatic rings. The summed E-state index contributed by atoms with van der Waals surface area (Å²) in [7, 11) is 0. The van der Waals surface area contributed by atoms with Crippen molar-refractivity contribution < 1.29 is 72.0 Å². The van der Waals surface area contributed by atoms with E-state index >= 15 is 0 Å². The molecule has 2 heterocycles. The molecule has 44 heavy (non-hydrogen) atoms. The van der Waals surface area contributed by atoms with Crippen LogP contribution in [-0.4, -0.2) is 31.2 Å². The van der Waals surface area contributed by atoms with E-state index in [9.17, 15) is 48.3 Å². The van der Waals surface area contributed by atoms with E-state index in [2.05, 4.69) is 9.47 Å². The van der Waals surface area contributed by atoms with E-state index in [-0.39, 0.29) is 23.6 Å². The first kappa shape index (κ1) is 32.7. The van der Waals surface area contributed by atoms with Crippen LogP contribution in [0.2, 0.25) is 0 Å². The number of alkyl halides is 7. The van der Waals surface area contributed by atoms with Crippen LogP contribution in [0.15, 0.2) is 24.3 Å². The first-order chi connectivity index (χ1) is 20.4. The standard InChI is InChI=1S/C28H25F11O5/c1-2-7-24-12-40-27(43-24,41-13-24)16-5-3-14(4-6-16)15-8-18(29)22(19(30)9-15)25(33,34)42-17-10-20(31)23(21(32)11-17)26(35,36)44-28(37,38)39/h8-11,14,16H,2-7,12-13H2,1H3. The second-order valence-corrected chi connectivity index (χ2v) is 11.1. The molecule has 0 unspecified atom stereocenters. The summed E-state index contributed by atoms with van der Waals surface area (Å²) in [6, 6.07) is 0.721. The van der Waals surface area contributed by atoms with E-state index in [4.69, 9.17) is 14.2 Å². The Balaban J connectivity index is 1.29. The second kappa shape index (κ2) is 11.3. The van der Waals surface area contributed by atoms with Gasteiger partial charge >= 0.3 is 18.6 Å². The van der Waals surface area contributed by atoms with Crippen LogP contribution in [0.5, 0.6) is 5.75 Å². The zero-order chi connectivity index (χ0) is 32.3. The second-order valence-electron chi connectivity index (χ2n) is 11.1. The Morgan fingerprint density at radius 1 is 0.750 bits per heavy atom. The molecule has 0 radical (unpaired) electrons. The van der Waals surface area contributed by atoms with Gasteiger partial charge in [-0.25, -0.2) is 22.3 Å². The van der Waals surface area contributed by atoms with Crippen LogP contribution in [0, 0.1) is 29.2 Å². The lowest BCUT2D eigenvalue weighted by molar-refractivity contribution is -0.432. The number of benzene rings is 2. The number of hydrogen-bond acceptors (Lipinski definition) is 5. The van der Waals surface area contributed by atoms with Crippen LogP contribution in [-0.2, 0) is 31.2 Å². The van der Waals surface area contributed by atoms with E-state index in [1.807, 2.05) is 6.92 Å². The van der Waals surface area contributed by atoms with Gasteiger partial charge in [0.05, 0.1) is 13.2 Å². The Bertz CT molecular complexity index is 1330. The van der Waals surface area contributed by atoms with Crippen molar-refractivity contribution in [1.82, 2.24) is 0 Å². The van der Waals surface area contributed by atoms with E-state index in [1.165, 1.54) is 0 Å². The maximum absolute atomic E-state index is 14.9. The van der Waals surface area contributed by atoms with Crippen LogP contribution in [0.25, 0.3) is 0 Å². The van der Waals surface area contributed by atoms with Crippen molar-refractivity contribution >= 4 is 0 Å². The number of fused-ring (bicyclic) bond motifs is 2. The zero-order valence-corrected chi connectivity index (χ0v) is 22.8. The summed E-state index contributed by atoms with van der Waals surface area (Å²) in [6.07, 6.45) is -13.2. The summed E-state index contributed by atoms with van der Waals surface area (Å²) in [5.41, 5.74) is -4.94. The Morgan fingerprint density at radius 2 is 1.25 bits per heavy atom. The molecule has 1 aliphatic carbocycles. The van der Waals surface area contributed by atoms with Gasteiger partial charge in [-0.3, -0.25) is 0 Å². The van der Waals surface area contributed by atoms with Crippen molar-refractivity contribution in [1.29, 1.82) is 0 Å². The highest BCUT2D eigenvalue weighted by atomic mass is 19.4. The van der Waals surface area contributed by atoms with Crippen LogP contribution in [0.3, 0.4) is 0 Å². The highest BCUT2D eigenvalue weighted by molar-refractivity contribution is 5.35. The number of ether oxygens (including phenoxy) is 5. The quantitative estimate of drug-likeness (QED) is 0.255. The fourth-order valence-electron chi connectivity index (χ4n) is 6.11. The average molecular weight is 650 g/mol. The molecule has 2 saturated heterocycles. The third-order valence-electron chi connectivity index (χ3n) is 7.99. The van der Waals surface area contributed by atoms with E-state index in [0.717, 1.165) is 12.8 Å². The van der Waals surface area contributed by atoms with Crippen molar-refractivity contribution in [3.05, 3.63) is 64.2 Å². The van der Waals surface area contributed by atoms with Crippen molar-refractivity contribution in [2.45, 2.75) is 81.5 Å². The van der Waals surface area contributed by atoms with Gasteiger partial charge in [0.25, 0.3) is 5.97 Å². The fourth-order valence-corrected chi connectivity index (χ4v) is 6.11. The molecule has 5 nitrogen and oxygen atoms in total. The molecule has 1 saturated carbocycles. The molecule has 0 spiro atoms. The minimum atomic E-state index is -6.02. The molecule has 244 valence electrons. The van der Waals surface area contributed by atoms with Gasteiger partial charge in [0, 0.05) is 18.1 Å². The van der Waals surface area contributed by atoms with Gasteiger partial charge in [-0.05, 0) is 55.7 Å². The van der Waals surface area contributed by atoms with Crippen molar-refractivity contribution in [3.63, 3.8) is 0 Å². The van der Waals surface area contributed by atoms with Gasteiger partial charge in [0.2, 0.25) is 0 Å². The van der Waals surface area contributed by atoms with Crippen LogP contribution in [0.1, 0.15) is 68.1 Å². The zero-order valence-electron chi connectivity index (χ0n) is 22.8. The Hall–Kier alpha value is -2.69. The molecule has 0 atom stereocenters. The van der Waals surface area contributed by atoms with E-state index < -0.39 is 76.2 Å². The first-order valence-electron chi connectivity index (χ1n) is 13.6. The van der Waals surface area contributed by atoms with Gasteiger partial charge in [0.15, 0.2) is 0 Å². The predicted octanol–water partition coefficient (Wildman–Crippen LogP) is 8.50. The lowest BCUT2D eigenvalue weighted by Gasteiger charge is -2.37. The lowest BCUT2D eigenvalue weighted by Crippen LogP contribution is -2.42. The largest absolute Gasteiger partial charge is 0.527 e. The normalized spacial score (nSPS) is 27.6. The molecule has 2 aromatic carbocycles. The maximum atomic E-state index is 14.9. The minimum Gasteiger partial charge on any atom is -0.429 e. The van der Waals surface area contributed by atoms with Gasteiger partial charge in [-0.2, -0.15) is 17.6 Å². The third kappa shape index (κ3) is 6.22. The summed E-state index contributed by atoms with van der Waals surface area (Å²) in [5.74, 6) is -11.8. The molecule has 2 aliphatic heterocycles. The molecule has 5 rings (SSSR count). The molecule has 0 amide bonds. The topological polar surface area (TPSA) is 46.2 Å². The summed E-state index contributed by atoms with van der Waals surface area (Å²) >= 11 is 0. The predicted molar refractivity (Wildman–Crippen MR) is 126 cm³/mol. The van der Waals surface area contributed by atoms with Crippen LogP contribution < -0.4 is 4.74 Å². The molecule has 0 aromatic heterocycles. The number of halogens is 11. The maximum Gasteiger partial charge on any atom is 0.527 e. The van der Waals surface area contributed by atoms with Crippen LogP contribution >= 0.6 is 0 Å². The van der Waals surface area contributed by atoms with E-state index in [1.54, 1.807) is 0 Å². The Kier molecular flexibility index (Phi) is 8.38. The van der Waals surface area contributed by atoms with Gasteiger partial charge in [-0.15, -0.1) is 13.2 Å². The SMILES string of the molecule is CCCC12COC(C3CCC(c4cc(F)c(C(F)(F)Oc5cc(F)c(C(F)(F)OC(F)(F)F)c(F)c5)c(F)c4)CC3)(OC1)O2. The molecular weight excluding hydrogens is 625 g/mol. The van der Waals surface area contributed by atoms with Crippen molar-refractivity contribution in [2.24, 2.45) is 5.92 Å². The molecule has 16 heteroatoms. The minimum absolute atomic E-state index is 0.0600. The number of hydrogen-bond donors (Lipinski definition) is 0. The van der Waals surface area contributed by atoms with Crippen molar-refractivity contribution in [2.75, 3.05) is 13.2 Å². The van der Waals surface area contributed by atoms with Gasteiger partial charge in [0.1, 0.15) is 45.7 Å². The summed E-state index contributed by atoms with van der Waals surface area (Å²) in [6.45, 7) is 2.78.